The van der Waals surface area contributed by atoms with Gasteiger partial charge in [-0.25, -0.2) is 8.78 Å². The van der Waals surface area contributed by atoms with Crippen LogP contribution in [0.15, 0.2) is 0 Å². The van der Waals surface area contributed by atoms with Gasteiger partial charge in [0.2, 0.25) is 0 Å². The van der Waals surface area contributed by atoms with Crippen molar-refractivity contribution in [3.05, 3.63) is 0 Å². The van der Waals surface area contributed by atoms with Gasteiger partial charge in [0, 0.05) is 0 Å². The van der Waals surface area contributed by atoms with E-state index >= 15 is 0 Å². The Balaban J connectivity index is 0. The molecular formula is C9H18F5N3O. The molecule has 0 N–H and O–H groups in total. The highest BCUT2D eigenvalue weighted by Crippen LogP contribution is 2.29. The Morgan fingerprint density at radius 1 is 0.889 bits per heavy atom. The predicted molar refractivity (Wildman–Crippen MR) is 55.5 cm³/mol. The molecule has 0 aliphatic heterocycles. The molecule has 0 amide bonds. The van der Waals surface area contributed by atoms with Crippen LogP contribution < -0.4 is 5.11 Å². The fourth-order valence-corrected chi connectivity index (χ4v) is 1.20. The molecule has 0 aliphatic carbocycles. The lowest BCUT2D eigenvalue weighted by molar-refractivity contribution is -0.627. The first kappa shape index (κ1) is 19.2. The standard InChI is InChI=1S/C7H18N3.C2F5O/c1-8(2)7(9(3)4)10(5)6;3-1(4,5)2(6,7)8/h1-6H3;/q+1;-1. The number of halogens is 5. The molecule has 9 heteroatoms. The lowest BCUT2D eigenvalue weighted by atomic mass is 10.6. The van der Waals surface area contributed by atoms with E-state index in [0.29, 0.717) is 0 Å². The minimum Gasteiger partial charge on any atom is -0.791 e. The third kappa shape index (κ3) is 7.25. The lowest BCUT2D eigenvalue weighted by Crippen LogP contribution is -2.48. The molecule has 0 fully saturated rings. The van der Waals surface area contributed by atoms with Gasteiger partial charge in [0.15, 0.2) is 0 Å². The van der Waals surface area contributed by atoms with E-state index < -0.39 is 12.3 Å². The van der Waals surface area contributed by atoms with E-state index in [1.165, 1.54) is 5.96 Å². The van der Waals surface area contributed by atoms with Crippen LogP contribution in [-0.2, 0) is 0 Å². The van der Waals surface area contributed by atoms with Gasteiger partial charge in [0.1, 0.15) is 0 Å². The summed E-state index contributed by atoms with van der Waals surface area (Å²) in [4.78, 5) is 4.17. The maximum absolute atomic E-state index is 10.5. The number of rotatable bonds is 0. The van der Waals surface area contributed by atoms with Crippen LogP contribution in [0.25, 0.3) is 0 Å². The van der Waals surface area contributed by atoms with Crippen LogP contribution in [0.1, 0.15) is 0 Å². The average molecular weight is 279 g/mol. The van der Waals surface area contributed by atoms with E-state index in [4.69, 9.17) is 5.11 Å². The van der Waals surface area contributed by atoms with E-state index in [9.17, 15) is 22.0 Å². The average Bonchev–Trinajstić information content (AvgIpc) is 1.96. The maximum atomic E-state index is 10.5. The zero-order chi connectivity index (χ0) is 15.3. The van der Waals surface area contributed by atoms with E-state index in [2.05, 4.69) is 14.4 Å². The van der Waals surface area contributed by atoms with Crippen molar-refractivity contribution in [2.24, 2.45) is 0 Å². The third-order valence-corrected chi connectivity index (χ3v) is 1.53. The Morgan fingerprint density at radius 3 is 1.11 bits per heavy atom. The summed E-state index contributed by atoms with van der Waals surface area (Å²) < 4.78 is 54.7. The van der Waals surface area contributed by atoms with Gasteiger partial charge in [-0.1, -0.05) is 0 Å². The molecule has 0 aliphatic rings. The quantitative estimate of drug-likeness (QED) is 0.276. The zero-order valence-electron chi connectivity index (χ0n) is 11.1. The van der Waals surface area contributed by atoms with Crippen LogP contribution in [0.5, 0.6) is 0 Å². The molecular weight excluding hydrogens is 261 g/mol. The van der Waals surface area contributed by atoms with Crippen molar-refractivity contribution in [1.82, 2.24) is 9.80 Å². The third-order valence-electron chi connectivity index (χ3n) is 1.53. The predicted octanol–water partition coefficient (Wildman–Crippen LogP) is 0.239. The Hall–Kier alpha value is -1.12. The van der Waals surface area contributed by atoms with Crippen molar-refractivity contribution in [2.75, 3.05) is 42.3 Å². The highest BCUT2D eigenvalue weighted by molar-refractivity contribution is 5.73. The van der Waals surface area contributed by atoms with Crippen LogP contribution in [0, 0.1) is 0 Å². The second kappa shape index (κ2) is 6.72. The lowest BCUT2D eigenvalue weighted by Gasteiger charge is -2.23. The summed E-state index contributed by atoms with van der Waals surface area (Å²) in [5, 5.41) is 8.67. The van der Waals surface area contributed by atoms with Crippen LogP contribution in [0.2, 0.25) is 0 Å². The molecule has 0 aromatic heterocycles. The fourth-order valence-electron chi connectivity index (χ4n) is 1.20. The van der Waals surface area contributed by atoms with E-state index in [1.807, 2.05) is 42.3 Å². The second-order valence-electron chi connectivity index (χ2n) is 4.00. The first-order chi connectivity index (χ1) is 7.71. The van der Waals surface area contributed by atoms with Gasteiger partial charge in [-0.3, -0.25) is 14.4 Å². The molecule has 0 rings (SSSR count). The van der Waals surface area contributed by atoms with Gasteiger partial charge in [-0.15, -0.1) is 0 Å². The highest BCUT2D eigenvalue weighted by Gasteiger charge is 2.47. The minimum atomic E-state index is -5.95. The number of hydrogen-bond acceptors (Lipinski definition) is 1. The Morgan fingerprint density at radius 2 is 1.11 bits per heavy atom. The number of guanidine groups is 1. The van der Waals surface area contributed by atoms with Crippen molar-refractivity contribution in [2.45, 2.75) is 12.3 Å². The van der Waals surface area contributed by atoms with E-state index in [-0.39, 0.29) is 0 Å². The Kier molecular flexibility index (Phi) is 7.17. The maximum Gasteiger partial charge on any atom is 0.437 e. The molecule has 0 unspecified atom stereocenters. The molecule has 0 aromatic carbocycles. The van der Waals surface area contributed by atoms with Crippen molar-refractivity contribution >= 4 is 5.96 Å². The van der Waals surface area contributed by atoms with Gasteiger partial charge in [-0.05, 0) is 0 Å². The molecule has 0 aromatic rings. The van der Waals surface area contributed by atoms with Crippen molar-refractivity contribution in [1.29, 1.82) is 0 Å². The molecule has 4 nitrogen and oxygen atoms in total. The number of alkyl halides is 5. The molecule has 0 atom stereocenters. The van der Waals surface area contributed by atoms with E-state index in [1.54, 1.807) is 0 Å². The minimum absolute atomic E-state index is 1.19. The smallest absolute Gasteiger partial charge is 0.437 e. The first-order valence-electron chi connectivity index (χ1n) is 4.75. The van der Waals surface area contributed by atoms with Crippen LogP contribution in [0.4, 0.5) is 22.0 Å². The normalized spacial score (nSPS) is 11.3. The van der Waals surface area contributed by atoms with Crippen molar-refractivity contribution in [3.8, 4) is 0 Å². The van der Waals surface area contributed by atoms with Crippen molar-refractivity contribution in [3.63, 3.8) is 0 Å². The van der Waals surface area contributed by atoms with Gasteiger partial charge in [0.05, 0.1) is 42.3 Å². The summed E-state index contributed by atoms with van der Waals surface area (Å²) in [6.45, 7) is 0. The fraction of sp³-hybridized carbons (Fsp3) is 0.889. The molecule has 0 heterocycles. The highest BCUT2D eigenvalue weighted by atomic mass is 19.4. The second-order valence-corrected chi connectivity index (χ2v) is 4.00. The summed E-state index contributed by atoms with van der Waals surface area (Å²) >= 11 is 0. The Bertz CT molecular complexity index is 255. The molecule has 0 bridgehead atoms. The summed E-state index contributed by atoms with van der Waals surface area (Å²) in [6, 6.07) is 0. The Labute approximate surface area is 103 Å². The van der Waals surface area contributed by atoms with Gasteiger partial charge >= 0.3 is 12.1 Å². The van der Waals surface area contributed by atoms with Crippen LogP contribution in [0.3, 0.4) is 0 Å². The summed E-state index contributed by atoms with van der Waals surface area (Å²) in [6.07, 6.45) is -11.8. The van der Waals surface area contributed by atoms with E-state index in [0.717, 1.165) is 0 Å². The number of hydrogen-bond donors (Lipinski definition) is 0. The molecule has 0 spiro atoms. The number of nitrogens with zero attached hydrogens (tertiary/aromatic N) is 3. The van der Waals surface area contributed by atoms with Crippen LogP contribution in [-0.4, -0.2) is 74.9 Å². The molecule has 110 valence electrons. The van der Waals surface area contributed by atoms with Crippen LogP contribution >= 0.6 is 0 Å². The first-order valence-corrected chi connectivity index (χ1v) is 4.75. The topological polar surface area (TPSA) is 32.5 Å². The SMILES string of the molecule is CN(C)C(N(C)C)=[N+](C)C.[O-]C(F)(F)C(F)(F)F. The summed E-state index contributed by atoms with van der Waals surface area (Å²) in [7, 11) is 12.2. The van der Waals surface area contributed by atoms with Crippen molar-refractivity contribution < 1.29 is 31.6 Å². The van der Waals surface area contributed by atoms with Gasteiger partial charge < -0.3 is 5.11 Å². The van der Waals surface area contributed by atoms with Gasteiger partial charge in [-0.2, -0.15) is 13.2 Å². The molecule has 0 saturated heterocycles. The summed E-state index contributed by atoms with van der Waals surface area (Å²) in [5.74, 6) is 1.19. The van der Waals surface area contributed by atoms with Gasteiger partial charge in [0.25, 0.3) is 6.11 Å². The largest absolute Gasteiger partial charge is 0.791 e. The zero-order valence-corrected chi connectivity index (χ0v) is 11.1. The molecule has 0 radical (unpaired) electrons. The molecule has 18 heavy (non-hydrogen) atoms. The monoisotopic (exact) mass is 279 g/mol. The summed E-state index contributed by atoms with van der Waals surface area (Å²) in [5.41, 5.74) is 0. The molecule has 0 saturated carbocycles.